The predicted molar refractivity (Wildman–Crippen MR) is 65.5 cm³/mol. The molecule has 0 bridgehead atoms. The molecule has 0 atom stereocenters. The second-order valence-electron chi connectivity index (χ2n) is 3.93. The summed E-state index contributed by atoms with van der Waals surface area (Å²) in [5.74, 6) is 1.53. The van der Waals surface area contributed by atoms with Gasteiger partial charge in [-0.25, -0.2) is 4.68 Å². The number of hydrogen-bond donors (Lipinski definition) is 1. The van der Waals surface area contributed by atoms with Crippen LogP contribution in [-0.4, -0.2) is 21.8 Å². The van der Waals surface area contributed by atoms with E-state index < -0.39 is 0 Å². The average Bonchev–Trinajstić information content (AvgIpc) is 2.64. The molecule has 0 spiro atoms. The molecule has 84 valence electrons. The van der Waals surface area contributed by atoms with Crippen molar-refractivity contribution in [3.8, 4) is 11.4 Å². The second kappa shape index (κ2) is 3.96. The van der Waals surface area contributed by atoms with Crippen LogP contribution in [0.1, 0.15) is 11.1 Å². The van der Waals surface area contributed by atoms with Crippen LogP contribution in [0.25, 0.3) is 11.4 Å². The number of nitrogens with zero attached hydrogens (tertiary/aromatic N) is 3. The van der Waals surface area contributed by atoms with Crippen molar-refractivity contribution in [1.29, 1.82) is 0 Å². The molecular weight excluding hydrogens is 200 g/mol. The van der Waals surface area contributed by atoms with Gasteiger partial charge in [0.1, 0.15) is 0 Å². The molecule has 1 aromatic carbocycles. The van der Waals surface area contributed by atoms with Crippen molar-refractivity contribution in [3.63, 3.8) is 0 Å². The molecule has 0 amide bonds. The Morgan fingerprint density at radius 1 is 1.19 bits per heavy atom. The summed E-state index contributed by atoms with van der Waals surface area (Å²) in [4.78, 5) is 4.41. The van der Waals surface area contributed by atoms with E-state index in [4.69, 9.17) is 0 Å². The molecule has 0 radical (unpaired) electrons. The number of anilines is 1. The monoisotopic (exact) mass is 216 g/mol. The molecule has 0 aliphatic rings. The first kappa shape index (κ1) is 10.7. The molecule has 1 aromatic heterocycles. The molecule has 0 aliphatic heterocycles. The lowest BCUT2D eigenvalue weighted by Crippen LogP contribution is -1.98. The fraction of sp³-hybridized carbons (Fsp3) is 0.333. The summed E-state index contributed by atoms with van der Waals surface area (Å²) in [6, 6.07) is 6.27. The van der Waals surface area contributed by atoms with Gasteiger partial charge in [-0.15, -0.1) is 5.10 Å². The van der Waals surface area contributed by atoms with E-state index in [2.05, 4.69) is 47.4 Å². The molecule has 0 fully saturated rings. The van der Waals surface area contributed by atoms with Crippen LogP contribution in [0.2, 0.25) is 0 Å². The second-order valence-corrected chi connectivity index (χ2v) is 3.93. The van der Waals surface area contributed by atoms with E-state index in [1.807, 2.05) is 14.1 Å². The molecule has 0 aliphatic carbocycles. The number of aromatic nitrogens is 3. The van der Waals surface area contributed by atoms with Gasteiger partial charge in [-0.05, 0) is 31.0 Å². The van der Waals surface area contributed by atoms with Crippen LogP contribution in [0.4, 0.5) is 5.95 Å². The first-order valence-corrected chi connectivity index (χ1v) is 5.28. The van der Waals surface area contributed by atoms with Crippen molar-refractivity contribution in [2.24, 2.45) is 7.05 Å². The van der Waals surface area contributed by atoms with Crippen LogP contribution in [0, 0.1) is 13.8 Å². The highest BCUT2D eigenvalue weighted by Gasteiger charge is 2.08. The summed E-state index contributed by atoms with van der Waals surface area (Å²) < 4.78 is 1.74. The van der Waals surface area contributed by atoms with Crippen LogP contribution in [0.3, 0.4) is 0 Å². The predicted octanol–water partition coefficient (Wildman–Crippen LogP) is 2.14. The molecule has 4 nitrogen and oxygen atoms in total. The van der Waals surface area contributed by atoms with Gasteiger partial charge in [0.2, 0.25) is 5.95 Å². The standard InChI is InChI=1S/C12H16N4/c1-8-5-6-10(7-9(8)2)11-14-12(13-3)16(4)15-11/h5-7H,1-4H3,(H,13,14,15). The summed E-state index contributed by atoms with van der Waals surface area (Å²) in [6.45, 7) is 4.20. The fourth-order valence-corrected chi connectivity index (χ4v) is 1.60. The fourth-order valence-electron chi connectivity index (χ4n) is 1.60. The van der Waals surface area contributed by atoms with Crippen LogP contribution < -0.4 is 5.32 Å². The van der Waals surface area contributed by atoms with Gasteiger partial charge in [-0.2, -0.15) is 4.98 Å². The van der Waals surface area contributed by atoms with Gasteiger partial charge in [0, 0.05) is 19.7 Å². The summed E-state index contributed by atoms with van der Waals surface area (Å²) in [5, 5.41) is 7.37. The third-order valence-electron chi connectivity index (χ3n) is 2.75. The van der Waals surface area contributed by atoms with Gasteiger partial charge in [-0.1, -0.05) is 12.1 Å². The van der Waals surface area contributed by atoms with Gasteiger partial charge < -0.3 is 5.32 Å². The van der Waals surface area contributed by atoms with Crippen LogP contribution in [-0.2, 0) is 7.05 Å². The van der Waals surface area contributed by atoms with Crippen molar-refractivity contribution in [2.45, 2.75) is 13.8 Å². The van der Waals surface area contributed by atoms with Gasteiger partial charge >= 0.3 is 0 Å². The first-order chi connectivity index (χ1) is 7.61. The lowest BCUT2D eigenvalue weighted by molar-refractivity contribution is 0.776. The van der Waals surface area contributed by atoms with Crippen molar-refractivity contribution >= 4 is 5.95 Å². The van der Waals surface area contributed by atoms with Gasteiger partial charge in [0.05, 0.1) is 0 Å². The summed E-state index contributed by atoms with van der Waals surface area (Å²) in [5.41, 5.74) is 3.60. The number of aryl methyl sites for hydroxylation is 3. The quantitative estimate of drug-likeness (QED) is 0.836. The van der Waals surface area contributed by atoms with Crippen molar-refractivity contribution in [1.82, 2.24) is 14.8 Å². The molecule has 2 rings (SSSR count). The zero-order chi connectivity index (χ0) is 11.7. The third-order valence-corrected chi connectivity index (χ3v) is 2.75. The highest BCUT2D eigenvalue weighted by atomic mass is 15.4. The highest BCUT2D eigenvalue weighted by molar-refractivity contribution is 5.58. The Morgan fingerprint density at radius 3 is 2.50 bits per heavy atom. The molecule has 0 saturated carbocycles. The van der Waals surface area contributed by atoms with E-state index >= 15 is 0 Å². The molecule has 1 N–H and O–H groups in total. The zero-order valence-electron chi connectivity index (χ0n) is 10.1. The minimum absolute atomic E-state index is 0.759. The van der Waals surface area contributed by atoms with E-state index in [-0.39, 0.29) is 0 Å². The van der Waals surface area contributed by atoms with E-state index in [9.17, 15) is 0 Å². The smallest absolute Gasteiger partial charge is 0.221 e. The van der Waals surface area contributed by atoms with Gasteiger partial charge in [-0.3, -0.25) is 0 Å². The lowest BCUT2D eigenvalue weighted by atomic mass is 10.1. The number of benzene rings is 1. The SMILES string of the molecule is CNc1nc(-c2ccc(C)c(C)c2)nn1C. The van der Waals surface area contributed by atoms with E-state index in [0.717, 1.165) is 17.3 Å². The normalized spacial score (nSPS) is 10.5. The maximum Gasteiger partial charge on any atom is 0.221 e. The minimum Gasteiger partial charge on any atom is -0.357 e. The maximum absolute atomic E-state index is 4.41. The Hall–Kier alpha value is -1.84. The van der Waals surface area contributed by atoms with Crippen molar-refractivity contribution in [3.05, 3.63) is 29.3 Å². The zero-order valence-corrected chi connectivity index (χ0v) is 10.1. The molecule has 0 unspecified atom stereocenters. The average molecular weight is 216 g/mol. The molecule has 0 saturated heterocycles. The molecule has 16 heavy (non-hydrogen) atoms. The number of rotatable bonds is 2. The summed E-state index contributed by atoms with van der Waals surface area (Å²) in [6.07, 6.45) is 0. The van der Waals surface area contributed by atoms with Crippen LogP contribution in [0.5, 0.6) is 0 Å². The molecular formula is C12H16N4. The van der Waals surface area contributed by atoms with Crippen molar-refractivity contribution in [2.75, 3.05) is 12.4 Å². The Morgan fingerprint density at radius 2 is 1.94 bits per heavy atom. The molecule has 1 heterocycles. The van der Waals surface area contributed by atoms with E-state index in [1.165, 1.54) is 11.1 Å². The topological polar surface area (TPSA) is 42.7 Å². The van der Waals surface area contributed by atoms with Crippen LogP contribution >= 0.6 is 0 Å². The van der Waals surface area contributed by atoms with E-state index in [1.54, 1.807) is 4.68 Å². The summed E-state index contributed by atoms with van der Waals surface area (Å²) in [7, 11) is 3.72. The lowest BCUT2D eigenvalue weighted by Gasteiger charge is -2.01. The number of hydrogen-bond acceptors (Lipinski definition) is 3. The van der Waals surface area contributed by atoms with Gasteiger partial charge in [0.15, 0.2) is 5.82 Å². The van der Waals surface area contributed by atoms with Gasteiger partial charge in [0.25, 0.3) is 0 Å². The Kier molecular flexibility index (Phi) is 2.64. The first-order valence-electron chi connectivity index (χ1n) is 5.28. The number of nitrogens with one attached hydrogen (secondary N) is 1. The molecule has 4 heteroatoms. The van der Waals surface area contributed by atoms with E-state index in [0.29, 0.717) is 0 Å². The Balaban J connectivity index is 2.46. The maximum atomic E-state index is 4.41. The summed E-state index contributed by atoms with van der Waals surface area (Å²) >= 11 is 0. The third kappa shape index (κ3) is 1.78. The van der Waals surface area contributed by atoms with Crippen LogP contribution in [0.15, 0.2) is 18.2 Å². The highest BCUT2D eigenvalue weighted by Crippen LogP contribution is 2.20. The largest absolute Gasteiger partial charge is 0.357 e. The van der Waals surface area contributed by atoms with Crippen molar-refractivity contribution < 1.29 is 0 Å². The Labute approximate surface area is 95.3 Å². The minimum atomic E-state index is 0.759. The Bertz CT molecular complexity index is 514. The molecule has 2 aromatic rings.